The van der Waals surface area contributed by atoms with E-state index in [-0.39, 0.29) is 22.1 Å². The minimum absolute atomic E-state index is 0.00376. The van der Waals surface area contributed by atoms with Crippen LogP contribution >= 0.6 is 27.5 Å². The number of halogens is 5. The van der Waals surface area contributed by atoms with Gasteiger partial charge in [0.15, 0.2) is 11.5 Å². The average molecular weight is 517 g/mol. The number of amides is 2. The number of aryl methyl sites for hydroxylation is 1. The van der Waals surface area contributed by atoms with Crippen molar-refractivity contribution in [2.75, 3.05) is 12.4 Å². The van der Waals surface area contributed by atoms with Crippen LogP contribution in [0.1, 0.15) is 32.1 Å². The number of pyridine rings is 1. The zero-order valence-corrected chi connectivity index (χ0v) is 18.4. The molecule has 7 nitrogen and oxygen atoms in total. The molecule has 0 atom stereocenters. The van der Waals surface area contributed by atoms with Gasteiger partial charge in [-0.15, -0.1) is 0 Å². The van der Waals surface area contributed by atoms with Crippen molar-refractivity contribution in [3.63, 3.8) is 0 Å². The van der Waals surface area contributed by atoms with Crippen LogP contribution in [-0.2, 0) is 6.18 Å². The molecule has 0 aliphatic heterocycles. The topological polar surface area (TPSA) is 88.9 Å². The predicted octanol–water partition coefficient (Wildman–Crippen LogP) is 4.62. The number of hydrogen-bond donors (Lipinski definition) is 2. The van der Waals surface area contributed by atoms with Crippen LogP contribution in [0.4, 0.5) is 18.9 Å². The normalized spacial score (nSPS) is 11.3. The minimum Gasteiger partial charge on any atom is -0.355 e. The lowest BCUT2D eigenvalue weighted by Gasteiger charge is -2.14. The third-order valence-electron chi connectivity index (χ3n) is 4.12. The summed E-state index contributed by atoms with van der Waals surface area (Å²) < 4.78 is 41.0. The van der Waals surface area contributed by atoms with Crippen molar-refractivity contribution in [1.82, 2.24) is 20.1 Å². The Hall–Kier alpha value is -2.92. The number of anilines is 1. The van der Waals surface area contributed by atoms with Crippen molar-refractivity contribution in [3.8, 4) is 5.82 Å². The number of benzene rings is 1. The maximum atomic E-state index is 13.3. The zero-order chi connectivity index (χ0) is 22.9. The van der Waals surface area contributed by atoms with E-state index in [0.717, 1.165) is 5.56 Å². The molecule has 12 heteroatoms. The summed E-state index contributed by atoms with van der Waals surface area (Å²) in [4.78, 5) is 29.2. The van der Waals surface area contributed by atoms with Gasteiger partial charge >= 0.3 is 6.18 Å². The SMILES string of the molecule is CNC(=O)c1cc(C)cc(Br)c1NC(=O)c1cc(C(F)(F)F)nn1-c1ncccc1Cl. The summed E-state index contributed by atoms with van der Waals surface area (Å²) in [5, 5.41) is 8.41. The van der Waals surface area contributed by atoms with E-state index in [1.165, 1.54) is 31.4 Å². The van der Waals surface area contributed by atoms with Crippen molar-refractivity contribution >= 4 is 45.0 Å². The molecular weight excluding hydrogens is 503 g/mol. The largest absolute Gasteiger partial charge is 0.435 e. The summed E-state index contributed by atoms with van der Waals surface area (Å²) in [6.45, 7) is 1.75. The molecule has 0 unspecified atom stereocenters. The van der Waals surface area contributed by atoms with Gasteiger partial charge in [0.05, 0.1) is 16.3 Å². The Labute approximate surface area is 187 Å². The molecule has 3 aromatic rings. The maximum absolute atomic E-state index is 13.3. The molecule has 0 spiro atoms. The van der Waals surface area contributed by atoms with Crippen LogP contribution in [-0.4, -0.2) is 33.6 Å². The van der Waals surface area contributed by atoms with E-state index in [0.29, 0.717) is 15.2 Å². The molecule has 2 amide bonds. The first kappa shape index (κ1) is 22.8. The van der Waals surface area contributed by atoms with E-state index in [1.54, 1.807) is 13.0 Å². The average Bonchev–Trinajstić information content (AvgIpc) is 3.15. The molecule has 0 saturated heterocycles. The van der Waals surface area contributed by atoms with Gasteiger partial charge in [-0.25, -0.2) is 9.67 Å². The van der Waals surface area contributed by atoms with Crippen LogP contribution in [0.15, 0.2) is 41.0 Å². The second kappa shape index (κ2) is 8.67. The minimum atomic E-state index is -4.81. The van der Waals surface area contributed by atoms with E-state index in [1.807, 2.05) is 0 Å². The summed E-state index contributed by atoms with van der Waals surface area (Å²) >= 11 is 9.33. The van der Waals surface area contributed by atoms with Gasteiger partial charge in [0, 0.05) is 23.8 Å². The number of alkyl halides is 3. The lowest BCUT2D eigenvalue weighted by Crippen LogP contribution is -2.23. The smallest absolute Gasteiger partial charge is 0.355 e. The molecule has 2 heterocycles. The third-order valence-corrected chi connectivity index (χ3v) is 5.04. The summed E-state index contributed by atoms with van der Waals surface area (Å²) in [5.74, 6) is -1.59. The van der Waals surface area contributed by atoms with Gasteiger partial charge in [-0.3, -0.25) is 9.59 Å². The maximum Gasteiger partial charge on any atom is 0.435 e. The van der Waals surface area contributed by atoms with Crippen LogP contribution < -0.4 is 10.6 Å². The van der Waals surface area contributed by atoms with Gasteiger partial charge < -0.3 is 10.6 Å². The molecule has 0 bridgehead atoms. The van der Waals surface area contributed by atoms with Crippen molar-refractivity contribution in [2.24, 2.45) is 0 Å². The highest BCUT2D eigenvalue weighted by Crippen LogP contribution is 2.32. The number of nitrogens with one attached hydrogen (secondary N) is 2. The molecule has 162 valence electrons. The fourth-order valence-electron chi connectivity index (χ4n) is 2.74. The third kappa shape index (κ3) is 4.72. The van der Waals surface area contributed by atoms with Gasteiger partial charge in [0.1, 0.15) is 5.69 Å². The van der Waals surface area contributed by atoms with Crippen LogP contribution in [0.5, 0.6) is 0 Å². The van der Waals surface area contributed by atoms with Crippen molar-refractivity contribution in [2.45, 2.75) is 13.1 Å². The van der Waals surface area contributed by atoms with Gasteiger partial charge in [-0.2, -0.15) is 18.3 Å². The number of carbonyl (C=O) groups excluding carboxylic acids is 2. The van der Waals surface area contributed by atoms with Gasteiger partial charge in [-0.05, 0) is 52.7 Å². The number of hydrogen-bond acceptors (Lipinski definition) is 4. The van der Waals surface area contributed by atoms with E-state index in [9.17, 15) is 22.8 Å². The van der Waals surface area contributed by atoms with Crippen molar-refractivity contribution in [1.29, 1.82) is 0 Å². The molecule has 0 saturated carbocycles. The number of aromatic nitrogens is 3. The standard InChI is InChI=1S/C19H14BrClF3N5O2/c1-9-6-10(17(30)25-2)15(11(20)7-9)27-18(31)13-8-14(19(22,23)24)28-29(13)16-12(21)4-3-5-26-16/h3-8H,1-2H3,(H,25,30)(H,27,31). The van der Waals surface area contributed by atoms with E-state index >= 15 is 0 Å². The van der Waals surface area contributed by atoms with Crippen LogP contribution in [0.2, 0.25) is 5.02 Å². The highest BCUT2D eigenvalue weighted by molar-refractivity contribution is 9.10. The lowest BCUT2D eigenvalue weighted by molar-refractivity contribution is -0.141. The molecule has 31 heavy (non-hydrogen) atoms. The lowest BCUT2D eigenvalue weighted by atomic mass is 10.1. The first-order valence-electron chi connectivity index (χ1n) is 8.64. The molecule has 3 rings (SSSR count). The van der Waals surface area contributed by atoms with Crippen LogP contribution in [0.3, 0.4) is 0 Å². The first-order chi connectivity index (χ1) is 14.5. The zero-order valence-electron chi connectivity index (χ0n) is 16.0. The Morgan fingerprint density at radius 2 is 1.90 bits per heavy atom. The highest BCUT2D eigenvalue weighted by Gasteiger charge is 2.36. The Bertz CT molecular complexity index is 1180. The monoisotopic (exact) mass is 515 g/mol. The Morgan fingerprint density at radius 1 is 1.19 bits per heavy atom. The number of nitrogens with zero attached hydrogens (tertiary/aromatic N) is 3. The van der Waals surface area contributed by atoms with Crippen LogP contribution in [0, 0.1) is 6.92 Å². The first-order valence-corrected chi connectivity index (χ1v) is 9.81. The van der Waals surface area contributed by atoms with Crippen molar-refractivity contribution < 1.29 is 22.8 Å². The van der Waals surface area contributed by atoms with E-state index in [4.69, 9.17) is 11.6 Å². The number of carbonyl (C=O) groups is 2. The summed E-state index contributed by atoms with van der Waals surface area (Å²) in [5.41, 5.74) is -0.825. The van der Waals surface area contributed by atoms with Gasteiger partial charge in [0.25, 0.3) is 11.8 Å². The van der Waals surface area contributed by atoms with Crippen LogP contribution in [0.25, 0.3) is 5.82 Å². The molecular formula is C19H14BrClF3N5O2. The Morgan fingerprint density at radius 3 is 2.52 bits per heavy atom. The molecule has 0 aliphatic rings. The quantitative estimate of drug-likeness (QED) is 0.530. The molecule has 0 aliphatic carbocycles. The molecule has 2 aromatic heterocycles. The Balaban J connectivity index is 2.12. The Kier molecular flexibility index (Phi) is 6.37. The van der Waals surface area contributed by atoms with E-state index in [2.05, 4.69) is 36.6 Å². The van der Waals surface area contributed by atoms with Gasteiger partial charge in [0.2, 0.25) is 0 Å². The van der Waals surface area contributed by atoms with Gasteiger partial charge in [-0.1, -0.05) is 11.6 Å². The van der Waals surface area contributed by atoms with Crippen molar-refractivity contribution in [3.05, 3.63) is 68.5 Å². The molecule has 2 N–H and O–H groups in total. The fourth-order valence-corrected chi connectivity index (χ4v) is 3.61. The predicted molar refractivity (Wildman–Crippen MR) is 112 cm³/mol. The molecule has 0 fully saturated rings. The summed E-state index contributed by atoms with van der Waals surface area (Å²) in [6.07, 6.45) is -3.50. The van der Waals surface area contributed by atoms with E-state index < -0.39 is 29.4 Å². The highest BCUT2D eigenvalue weighted by atomic mass is 79.9. The second-order valence-electron chi connectivity index (χ2n) is 6.34. The summed E-state index contributed by atoms with van der Waals surface area (Å²) in [6, 6.07) is 6.66. The summed E-state index contributed by atoms with van der Waals surface area (Å²) in [7, 11) is 1.41. The molecule has 1 aromatic carbocycles. The number of rotatable bonds is 4. The second-order valence-corrected chi connectivity index (χ2v) is 7.60. The molecule has 0 radical (unpaired) electrons. The fraction of sp³-hybridized carbons (Fsp3) is 0.158.